The minimum absolute atomic E-state index is 0. The standard InChI is InChI=1S/C22H21N5O2.ClH/c1-14-4-3-9-27(14)22-25-18-7-6-16(23-2)11-17(18)21(26-22)24-12-15-5-8-19-20(10-15)29-13-28-19;/h5-8,10-11,14H,3-4,9,12-13H2,1H3,(H,24,25,26);1H/t14-;/m1./s1. The van der Waals surface area contributed by atoms with E-state index in [-0.39, 0.29) is 19.2 Å². The molecule has 0 amide bonds. The summed E-state index contributed by atoms with van der Waals surface area (Å²) in [4.78, 5) is 15.4. The van der Waals surface area contributed by atoms with Crippen LogP contribution in [0.5, 0.6) is 11.5 Å². The molecule has 0 unspecified atom stereocenters. The van der Waals surface area contributed by atoms with Crippen molar-refractivity contribution in [3.63, 3.8) is 0 Å². The van der Waals surface area contributed by atoms with E-state index in [4.69, 9.17) is 26.0 Å². The lowest BCUT2D eigenvalue weighted by Crippen LogP contribution is -2.28. The van der Waals surface area contributed by atoms with Gasteiger partial charge in [-0.15, -0.1) is 12.4 Å². The average Bonchev–Trinajstić information content (AvgIpc) is 3.39. The average molecular weight is 424 g/mol. The number of fused-ring (bicyclic) bond motifs is 2. The number of benzene rings is 2. The molecule has 154 valence electrons. The fraction of sp³-hybridized carbons (Fsp3) is 0.318. The third-order valence-corrected chi connectivity index (χ3v) is 5.50. The third kappa shape index (κ3) is 3.66. The van der Waals surface area contributed by atoms with Gasteiger partial charge >= 0.3 is 0 Å². The zero-order chi connectivity index (χ0) is 19.8. The van der Waals surface area contributed by atoms with Crippen LogP contribution in [0.1, 0.15) is 25.3 Å². The van der Waals surface area contributed by atoms with Crippen LogP contribution in [0.15, 0.2) is 36.4 Å². The van der Waals surface area contributed by atoms with Crippen LogP contribution in [0.25, 0.3) is 15.7 Å². The summed E-state index contributed by atoms with van der Waals surface area (Å²) in [6.45, 7) is 11.4. The molecule has 1 N–H and O–H groups in total. The summed E-state index contributed by atoms with van der Waals surface area (Å²) in [5.41, 5.74) is 2.49. The molecule has 0 aliphatic carbocycles. The number of anilines is 2. The lowest BCUT2D eigenvalue weighted by molar-refractivity contribution is 0.174. The van der Waals surface area contributed by atoms with Gasteiger partial charge in [0.25, 0.3) is 0 Å². The van der Waals surface area contributed by atoms with Crippen molar-refractivity contribution in [2.75, 3.05) is 23.6 Å². The molecule has 0 radical (unpaired) electrons. The molecule has 30 heavy (non-hydrogen) atoms. The molecule has 0 saturated carbocycles. The lowest BCUT2D eigenvalue weighted by atomic mass is 10.2. The Morgan fingerprint density at radius 2 is 2.03 bits per heavy atom. The largest absolute Gasteiger partial charge is 0.454 e. The predicted molar refractivity (Wildman–Crippen MR) is 119 cm³/mol. The smallest absolute Gasteiger partial charge is 0.231 e. The molecule has 0 bridgehead atoms. The molecule has 1 saturated heterocycles. The minimum atomic E-state index is 0. The third-order valence-electron chi connectivity index (χ3n) is 5.50. The molecule has 8 heteroatoms. The van der Waals surface area contributed by atoms with Crippen LogP contribution >= 0.6 is 12.4 Å². The van der Waals surface area contributed by atoms with Gasteiger partial charge in [-0.05, 0) is 49.6 Å². The number of rotatable bonds is 4. The van der Waals surface area contributed by atoms with Gasteiger partial charge in [0.2, 0.25) is 12.7 Å². The van der Waals surface area contributed by atoms with Crippen LogP contribution in [0.2, 0.25) is 0 Å². The lowest BCUT2D eigenvalue weighted by Gasteiger charge is -2.22. The van der Waals surface area contributed by atoms with Crippen molar-refractivity contribution in [2.45, 2.75) is 32.4 Å². The maximum atomic E-state index is 7.33. The summed E-state index contributed by atoms with van der Waals surface area (Å²) in [6, 6.07) is 11.9. The van der Waals surface area contributed by atoms with Crippen molar-refractivity contribution in [2.24, 2.45) is 0 Å². The number of ether oxygens (including phenoxy) is 2. The van der Waals surface area contributed by atoms with Crippen molar-refractivity contribution < 1.29 is 9.47 Å². The first-order valence-electron chi connectivity index (χ1n) is 9.79. The maximum Gasteiger partial charge on any atom is 0.231 e. The Kier molecular flexibility index (Phi) is 5.51. The molecule has 1 fully saturated rings. The van der Waals surface area contributed by atoms with Crippen LogP contribution < -0.4 is 19.7 Å². The van der Waals surface area contributed by atoms with Gasteiger partial charge in [0.1, 0.15) is 5.82 Å². The van der Waals surface area contributed by atoms with Crippen LogP contribution in [0.3, 0.4) is 0 Å². The van der Waals surface area contributed by atoms with Crippen molar-refractivity contribution >= 4 is 40.8 Å². The molecule has 2 aliphatic rings. The van der Waals surface area contributed by atoms with Crippen LogP contribution in [-0.4, -0.2) is 29.3 Å². The quantitative estimate of drug-likeness (QED) is 0.600. The summed E-state index contributed by atoms with van der Waals surface area (Å²) in [5, 5.41) is 4.30. The van der Waals surface area contributed by atoms with E-state index in [0.29, 0.717) is 18.3 Å². The van der Waals surface area contributed by atoms with Crippen LogP contribution in [0.4, 0.5) is 17.5 Å². The van der Waals surface area contributed by atoms with Gasteiger partial charge in [-0.2, -0.15) is 4.98 Å². The predicted octanol–water partition coefficient (Wildman–Crippen LogP) is 4.93. The number of aromatic nitrogens is 2. The molecule has 5 rings (SSSR count). The van der Waals surface area contributed by atoms with Gasteiger partial charge in [0.15, 0.2) is 17.2 Å². The van der Waals surface area contributed by atoms with E-state index in [2.05, 4.69) is 22.0 Å². The Bertz CT molecular complexity index is 1130. The van der Waals surface area contributed by atoms with Crippen LogP contribution in [0, 0.1) is 6.57 Å². The molecular weight excluding hydrogens is 402 g/mol. The summed E-state index contributed by atoms with van der Waals surface area (Å²) in [5.74, 6) is 3.02. The maximum absolute atomic E-state index is 7.33. The molecule has 7 nitrogen and oxygen atoms in total. The summed E-state index contributed by atoms with van der Waals surface area (Å²) < 4.78 is 10.9. The van der Waals surface area contributed by atoms with Crippen LogP contribution in [-0.2, 0) is 6.54 Å². The zero-order valence-electron chi connectivity index (χ0n) is 16.6. The number of hydrogen-bond donors (Lipinski definition) is 1. The SMILES string of the molecule is Cl.[C-]#[N+]c1ccc2nc(N3CCC[C@H]3C)nc(NCc3ccc4c(c3)OCO4)c2c1. The van der Waals surface area contributed by atoms with Crippen molar-refractivity contribution in [3.8, 4) is 11.5 Å². The van der Waals surface area contributed by atoms with Gasteiger partial charge in [0.05, 0.1) is 12.1 Å². The second-order valence-electron chi connectivity index (χ2n) is 7.41. The van der Waals surface area contributed by atoms with Gasteiger partial charge in [0, 0.05) is 24.5 Å². The summed E-state index contributed by atoms with van der Waals surface area (Å²) in [6.07, 6.45) is 2.30. The van der Waals surface area contributed by atoms with Gasteiger partial charge in [-0.3, -0.25) is 0 Å². The molecule has 3 aromatic rings. The Morgan fingerprint density at radius 1 is 1.17 bits per heavy atom. The Morgan fingerprint density at radius 3 is 2.83 bits per heavy atom. The number of hydrogen-bond acceptors (Lipinski definition) is 6. The van der Waals surface area contributed by atoms with Gasteiger partial charge in [-0.1, -0.05) is 12.1 Å². The summed E-state index contributed by atoms with van der Waals surface area (Å²) >= 11 is 0. The normalized spacial score (nSPS) is 16.9. The van der Waals surface area contributed by atoms with Crippen molar-refractivity contribution in [1.82, 2.24) is 9.97 Å². The second-order valence-corrected chi connectivity index (χ2v) is 7.41. The molecular formula is C22H22ClN5O2. The topological polar surface area (TPSA) is 63.9 Å². The molecule has 1 atom stereocenters. The zero-order valence-corrected chi connectivity index (χ0v) is 17.4. The van der Waals surface area contributed by atoms with E-state index in [0.717, 1.165) is 59.1 Å². The van der Waals surface area contributed by atoms with Crippen molar-refractivity contribution in [3.05, 3.63) is 53.4 Å². The Hall–Kier alpha value is -3.24. The molecule has 2 aliphatic heterocycles. The van der Waals surface area contributed by atoms with E-state index in [1.165, 1.54) is 0 Å². The van der Waals surface area contributed by atoms with Crippen molar-refractivity contribution in [1.29, 1.82) is 0 Å². The fourth-order valence-electron chi connectivity index (χ4n) is 3.90. The van der Waals surface area contributed by atoms with E-state index >= 15 is 0 Å². The summed E-state index contributed by atoms with van der Waals surface area (Å²) in [7, 11) is 0. The van der Waals surface area contributed by atoms with Gasteiger partial charge < -0.3 is 19.7 Å². The molecule has 3 heterocycles. The Labute approximate surface area is 181 Å². The highest BCUT2D eigenvalue weighted by molar-refractivity contribution is 5.92. The highest BCUT2D eigenvalue weighted by Gasteiger charge is 2.24. The first kappa shape index (κ1) is 20.0. The van der Waals surface area contributed by atoms with E-state index in [9.17, 15) is 0 Å². The first-order chi connectivity index (χ1) is 14.2. The number of nitrogens with zero attached hydrogens (tertiary/aromatic N) is 4. The minimum Gasteiger partial charge on any atom is -0.454 e. The molecule has 0 spiro atoms. The number of nitrogens with one attached hydrogen (secondary N) is 1. The molecule has 1 aromatic heterocycles. The first-order valence-corrected chi connectivity index (χ1v) is 9.79. The highest BCUT2D eigenvalue weighted by atomic mass is 35.5. The second kappa shape index (κ2) is 8.25. The Balaban J connectivity index is 0.00000218. The van der Waals surface area contributed by atoms with Gasteiger partial charge in [-0.25, -0.2) is 9.83 Å². The highest BCUT2D eigenvalue weighted by Crippen LogP contribution is 2.34. The van der Waals surface area contributed by atoms with E-state index in [1.807, 2.05) is 30.3 Å². The number of halogens is 1. The fourth-order valence-corrected chi connectivity index (χ4v) is 3.90. The van der Waals surface area contributed by atoms with E-state index < -0.39 is 0 Å². The molecule has 2 aromatic carbocycles. The van der Waals surface area contributed by atoms with E-state index in [1.54, 1.807) is 6.07 Å². The monoisotopic (exact) mass is 423 g/mol.